The number of amides is 1. The minimum atomic E-state index is -0.0308. The highest BCUT2D eigenvalue weighted by atomic mass is 16.1. The molecule has 1 heterocycles. The highest BCUT2D eigenvalue weighted by Crippen LogP contribution is 2.14. The van der Waals surface area contributed by atoms with Gasteiger partial charge in [0.05, 0.1) is 12.1 Å². The Hall–Kier alpha value is -1.25. The largest absolute Gasteiger partial charge is 0.403 e. The number of carbonyl (C=O) groups excluding carboxylic acids is 1. The van der Waals surface area contributed by atoms with Gasteiger partial charge in [0.2, 0.25) is 5.91 Å². The van der Waals surface area contributed by atoms with E-state index >= 15 is 0 Å². The molecule has 0 aromatic rings. The lowest BCUT2D eigenvalue weighted by Crippen LogP contribution is -2.12. The number of carbonyl (C=O) groups is 1. The van der Waals surface area contributed by atoms with Crippen molar-refractivity contribution in [2.45, 2.75) is 6.42 Å². The molecule has 48 valence electrons. The van der Waals surface area contributed by atoms with Crippen LogP contribution in [0.3, 0.4) is 0 Å². The Labute approximate surface area is 53.2 Å². The maximum Gasteiger partial charge on any atom is 0.228 e. The lowest BCUT2D eigenvalue weighted by molar-refractivity contribution is -0.118. The molecule has 0 spiro atoms. The molecule has 3 N–H and O–H groups in total. The van der Waals surface area contributed by atoms with Crippen LogP contribution in [0.4, 0.5) is 0 Å². The summed E-state index contributed by atoms with van der Waals surface area (Å²) in [7, 11) is 0. The summed E-state index contributed by atoms with van der Waals surface area (Å²) < 4.78 is 0. The van der Waals surface area contributed by atoms with E-state index in [9.17, 15) is 4.79 Å². The number of allylic oxidation sites excluding steroid dienone is 1. The first-order chi connectivity index (χ1) is 4.24. The Morgan fingerprint density at radius 3 is 2.67 bits per heavy atom. The zero-order valence-corrected chi connectivity index (χ0v) is 4.98. The molecule has 1 aliphatic rings. The molecule has 0 unspecified atom stereocenters. The molecule has 9 heavy (non-hydrogen) atoms. The third-order valence-corrected chi connectivity index (χ3v) is 1.20. The second-order valence-electron chi connectivity index (χ2n) is 1.91. The number of hydrogen-bond donors (Lipinski definition) is 2. The van der Waals surface area contributed by atoms with Gasteiger partial charge in [0.25, 0.3) is 0 Å². The van der Waals surface area contributed by atoms with Crippen molar-refractivity contribution in [3.05, 3.63) is 24.0 Å². The van der Waals surface area contributed by atoms with Gasteiger partial charge < -0.3 is 11.1 Å². The van der Waals surface area contributed by atoms with Crippen molar-refractivity contribution in [1.82, 2.24) is 5.32 Å². The van der Waals surface area contributed by atoms with Crippen LogP contribution in [-0.4, -0.2) is 5.91 Å². The number of nitrogens with one attached hydrogen (secondary N) is 1. The molecule has 0 saturated carbocycles. The summed E-state index contributed by atoms with van der Waals surface area (Å²) in [4.78, 5) is 10.6. The third kappa shape index (κ3) is 0.937. The average molecular weight is 124 g/mol. The first-order valence-corrected chi connectivity index (χ1v) is 2.64. The predicted octanol–water partition coefficient (Wildman–Crippen LogP) is -0.137. The van der Waals surface area contributed by atoms with Crippen molar-refractivity contribution >= 4 is 5.91 Å². The summed E-state index contributed by atoms with van der Waals surface area (Å²) in [6.07, 6.45) is 1.73. The van der Waals surface area contributed by atoms with Gasteiger partial charge in [-0.05, 0) is 5.57 Å². The Kier molecular flexibility index (Phi) is 1.26. The Balaban J connectivity index is 2.81. The number of nitrogens with two attached hydrogens (primary N) is 1. The van der Waals surface area contributed by atoms with E-state index < -0.39 is 0 Å². The SMILES string of the molecule is C=C1CC(=O)N/C1=C/N. The molecular formula is C6H8N2O. The molecule has 0 aromatic heterocycles. The van der Waals surface area contributed by atoms with E-state index in [4.69, 9.17) is 5.73 Å². The zero-order valence-electron chi connectivity index (χ0n) is 4.98. The van der Waals surface area contributed by atoms with Gasteiger partial charge in [0.15, 0.2) is 0 Å². The maximum absolute atomic E-state index is 10.6. The summed E-state index contributed by atoms with van der Waals surface area (Å²) in [6.45, 7) is 3.63. The van der Waals surface area contributed by atoms with E-state index in [1.165, 1.54) is 6.20 Å². The smallest absolute Gasteiger partial charge is 0.228 e. The van der Waals surface area contributed by atoms with Crippen LogP contribution in [0, 0.1) is 0 Å². The van der Waals surface area contributed by atoms with Crippen molar-refractivity contribution in [3.63, 3.8) is 0 Å². The molecule has 3 heteroatoms. The lowest BCUT2D eigenvalue weighted by Gasteiger charge is -1.92. The van der Waals surface area contributed by atoms with E-state index in [1.807, 2.05) is 0 Å². The second kappa shape index (κ2) is 1.93. The molecule has 0 aromatic carbocycles. The van der Waals surface area contributed by atoms with Crippen LogP contribution in [0.15, 0.2) is 24.0 Å². The first-order valence-electron chi connectivity index (χ1n) is 2.64. The van der Waals surface area contributed by atoms with Crippen molar-refractivity contribution in [1.29, 1.82) is 0 Å². The van der Waals surface area contributed by atoms with Crippen molar-refractivity contribution in [2.75, 3.05) is 0 Å². The fraction of sp³-hybridized carbons (Fsp3) is 0.167. The quantitative estimate of drug-likeness (QED) is 0.472. The van der Waals surface area contributed by atoms with Gasteiger partial charge in [-0.2, -0.15) is 0 Å². The Morgan fingerprint density at radius 2 is 2.44 bits per heavy atom. The minimum Gasteiger partial charge on any atom is -0.403 e. The summed E-state index contributed by atoms with van der Waals surface area (Å²) >= 11 is 0. The molecule has 1 fully saturated rings. The molecule has 1 aliphatic heterocycles. The molecule has 0 bridgehead atoms. The minimum absolute atomic E-state index is 0.0308. The molecule has 0 aliphatic carbocycles. The van der Waals surface area contributed by atoms with E-state index in [0.717, 1.165) is 5.57 Å². The molecule has 1 saturated heterocycles. The predicted molar refractivity (Wildman–Crippen MR) is 34.2 cm³/mol. The van der Waals surface area contributed by atoms with Crippen LogP contribution in [0.5, 0.6) is 0 Å². The van der Waals surface area contributed by atoms with Gasteiger partial charge in [0, 0.05) is 6.20 Å². The number of rotatable bonds is 0. The first kappa shape index (κ1) is 5.88. The van der Waals surface area contributed by atoms with E-state index in [-0.39, 0.29) is 5.91 Å². The van der Waals surface area contributed by atoms with Crippen LogP contribution in [0.25, 0.3) is 0 Å². The van der Waals surface area contributed by atoms with Gasteiger partial charge in [-0.15, -0.1) is 0 Å². The fourth-order valence-corrected chi connectivity index (χ4v) is 0.731. The van der Waals surface area contributed by atoms with Crippen LogP contribution >= 0.6 is 0 Å². The van der Waals surface area contributed by atoms with E-state index in [2.05, 4.69) is 11.9 Å². The maximum atomic E-state index is 10.6. The molecule has 3 nitrogen and oxygen atoms in total. The van der Waals surface area contributed by atoms with Crippen LogP contribution in [0.2, 0.25) is 0 Å². The molecular weight excluding hydrogens is 116 g/mol. The fourth-order valence-electron chi connectivity index (χ4n) is 0.731. The van der Waals surface area contributed by atoms with Gasteiger partial charge in [-0.3, -0.25) is 4.79 Å². The van der Waals surface area contributed by atoms with Gasteiger partial charge >= 0.3 is 0 Å². The van der Waals surface area contributed by atoms with Gasteiger partial charge in [0.1, 0.15) is 0 Å². The summed E-state index contributed by atoms with van der Waals surface area (Å²) in [5.41, 5.74) is 6.57. The van der Waals surface area contributed by atoms with Crippen LogP contribution in [0.1, 0.15) is 6.42 Å². The molecule has 0 atom stereocenters. The van der Waals surface area contributed by atoms with Gasteiger partial charge in [-0.1, -0.05) is 6.58 Å². The summed E-state index contributed by atoms with van der Waals surface area (Å²) in [6, 6.07) is 0. The van der Waals surface area contributed by atoms with Crippen LogP contribution < -0.4 is 11.1 Å². The normalized spacial score (nSPS) is 22.9. The standard InChI is InChI=1S/C6H8N2O/c1-4-2-6(9)8-5(4)3-7/h3H,1-2,7H2,(H,8,9)/b5-3+. The third-order valence-electron chi connectivity index (χ3n) is 1.20. The summed E-state index contributed by atoms with van der Waals surface area (Å²) in [5, 5.41) is 2.55. The molecule has 1 amide bonds. The highest BCUT2D eigenvalue weighted by molar-refractivity contribution is 5.86. The zero-order chi connectivity index (χ0) is 6.85. The van der Waals surface area contributed by atoms with Crippen LogP contribution in [-0.2, 0) is 4.79 Å². The molecule has 0 radical (unpaired) electrons. The van der Waals surface area contributed by atoms with Gasteiger partial charge in [-0.25, -0.2) is 0 Å². The van der Waals surface area contributed by atoms with Crippen molar-refractivity contribution in [3.8, 4) is 0 Å². The van der Waals surface area contributed by atoms with E-state index in [1.54, 1.807) is 0 Å². The lowest BCUT2D eigenvalue weighted by atomic mass is 10.2. The highest BCUT2D eigenvalue weighted by Gasteiger charge is 2.17. The topological polar surface area (TPSA) is 55.1 Å². The van der Waals surface area contributed by atoms with E-state index in [0.29, 0.717) is 12.1 Å². The second-order valence-corrected chi connectivity index (χ2v) is 1.91. The monoisotopic (exact) mass is 124 g/mol. The average Bonchev–Trinajstić information content (AvgIpc) is 2.10. The molecule has 1 rings (SSSR count). The summed E-state index contributed by atoms with van der Waals surface area (Å²) in [5.74, 6) is -0.0308. The Bertz CT molecular complexity index is 193. The Morgan fingerprint density at radius 1 is 1.78 bits per heavy atom. The van der Waals surface area contributed by atoms with Crippen molar-refractivity contribution < 1.29 is 4.79 Å². The van der Waals surface area contributed by atoms with Crippen molar-refractivity contribution in [2.24, 2.45) is 5.73 Å². The number of hydrogen-bond acceptors (Lipinski definition) is 2.